The van der Waals surface area contributed by atoms with Gasteiger partial charge in [0.15, 0.2) is 5.78 Å². The molecule has 8 atom stereocenters. The van der Waals surface area contributed by atoms with E-state index in [9.17, 15) is 9.90 Å². The molecular weight excluding hydrogens is 308 g/mol. The monoisotopic (exact) mass is 342 g/mol. The highest BCUT2D eigenvalue weighted by Gasteiger charge is 2.58. The second kappa shape index (κ2) is 6.37. The van der Waals surface area contributed by atoms with E-state index >= 15 is 0 Å². The van der Waals surface area contributed by atoms with Crippen molar-refractivity contribution >= 4 is 5.78 Å². The lowest BCUT2D eigenvalue weighted by Gasteiger charge is -2.56. The first kappa shape index (κ1) is 17.5. The van der Waals surface area contributed by atoms with E-state index in [0.717, 1.165) is 43.4 Å². The molecule has 0 saturated heterocycles. The normalized spacial score (nSPS) is 47.3. The van der Waals surface area contributed by atoms with Crippen LogP contribution in [0.2, 0.25) is 0 Å². The third-order valence-corrected chi connectivity index (χ3v) is 8.59. The second-order valence-corrected chi connectivity index (χ2v) is 9.68. The molecule has 0 aromatic rings. The van der Waals surface area contributed by atoms with Gasteiger partial charge in [0.2, 0.25) is 0 Å². The van der Waals surface area contributed by atoms with Crippen LogP contribution in [-0.4, -0.2) is 17.0 Å². The minimum absolute atomic E-state index is 0.217. The van der Waals surface area contributed by atoms with Crippen LogP contribution in [-0.2, 0) is 4.79 Å². The second-order valence-electron chi connectivity index (χ2n) is 9.68. The third-order valence-electron chi connectivity index (χ3n) is 8.59. The van der Waals surface area contributed by atoms with Crippen molar-refractivity contribution in [1.29, 1.82) is 0 Å². The Morgan fingerprint density at radius 1 is 1.36 bits per heavy atom. The van der Waals surface area contributed by atoms with E-state index in [1.54, 1.807) is 0 Å². The van der Waals surface area contributed by atoms with E-state index in [0.29, 0.717) is 29.0 Å². The van der Waals surface area contributed by atoms with Crippen LogP contribution in [0.1, 0.15) is 65.2 Å². The van der Waals surface area contributed by atoms with Gasteiger partial charge in [0.25, 0.3) is 0 Å². The Hall–Kier alpha value is -0.890. The van der Waals surface area contributed by atoms with Gasteiger partial charge in [-0.15, -0.1) is 6.58 Å². The highest BCUT2D eigenvalue weighted by atomic mass is 16.3. The molecule has 1 N–H and O–H groups in total. The fraction of sp³-hybridized carbons (Fsp3) is 0.783. The summed E-state index contributed by atoms with van der Waals surface area (Å²) in [5.41, 5.74) is 1.76. The number of aliphatic hydroxyl groups excluding tert-OH is 1. The van der Waals surface area contributed by atoms with Gasteiger partial charge >= 0.3 is 0 Å². The van der Waals surface area contributed by atoms with Gasteiger partial charge in [-0.1, -0.05) is 25.5 Å². The number of hydrogen-bond acceptors (Lipinski definition) is 2. The van der Waals surface area contributed by atoms with Crippen molar-refractivity contribution in [2.24, 2.45) is 40.9 Å². The number of hydrogen-bond donors (Lipinski definition) is 1. The maximum absolute atomic E-state index is 11.9. The summed E-state index contributed by atoms with van der Waals surface area (Å²) in [6.45, 7) is 8.73. The zero-order chi connectivity index (χ0) is 17.8. The lowest BCUT2D eigenvalue weighted by molar-refractivity contribution is -0.116. The summed E-state index contributed by atoms with van der Waals surface area (Å²) in [4.78, 5) is 11.9. The molecule has 4 aliphatic carbocycles. The minimum Gasteiger partial charge on any atom is -0.392 e. The van der Waals surface area contributed by atoms with Gasteiger partial charge in [0.05, 0.1) is 6.10 Å². The van der Waals surface area contributed by atoms with Gasteiger partial charge in [-0.25, -0.2) is 0 Å². The first-order chi connectivity index (χ1) is 12.0. The van der Waals surface area contributed by atoms with Crippen molar-refractivity contribution in [1.82, 2.24) is 0 Å². The molecule has 0 amide bonds. The zero-order valence-corrected chi connectivity index (χ0v) is 15.9. The van der Waals surface area contributed by atoms with Crippen LogP contribution >= 0.6 is 0 Å². The number of ketones is 1. The van der Waals surface area contributed by atoms with Gasteiger partial charge in [-0.2, -0.15) is 0 Å². The van der Waals surface area contributed by atoms with Crippen molar-refractivity contribution in [3.8, 4) is 0 Å². The average Bonchev–Trinajstić information content (AvgIpc) is 2.91. The first-order valence-electron chi connectivity index (χ1n) is 10.5. The predicted octanol–water partition coefficient (Wildman–Crippen LogP) is 4.93. The molecule has 138 valence electrons. The molecule has 0 aliphatic heterocycles. The van der Waals surface area contributed by atoms with Crippen molar-refractivity contribution in [3.63, 3.8) is 0 Å². The molecule has 0 heterocycles. The maximum Gasteiger partial charge on any atom is 0.155 e. The van der Waals surface area contributed by atoms with E-state index in [1.807, 2.05) is 12.2 Å². The van der Waals surface area contributed by atoms with Gasteiger partial charge in [-0.3, -0.25) is 4.79 Å². The number of rotatable bonds is 3. The van der Waals surface area contributed by atoms with Crippen LogP contribution in [0.5, 0.6) is 0 Å². The summed E-state index contributed by atoms with van der Waals surface area (Å²) in [6, 6.07) is 0. The largest absolute Gasteiger partial charge is 0.392 e. The summed E-state index contributed by atoms with van der Waals surface area (Å²) in [6.07, 6.45) is 12.4. The minimum atomic E-state index is -0.217. The molecule has 0 spiro atoms. The Kier molecular flexibility index (Phi) is 4.46. The van der Waals surface area contributed by atoms with Crippen LogP contribution < -0.4 is 0 Å². The molecule has 25 heavy (non-hydrogen) atoms. The first-order valence-corrected chi connectivity index (χ1v) is 10.5. The van der Waals surface area contributed by atoms with Crippen LogP contribution in [0.25, 0.3) is 0 Å². The van der Waals surface area contributed by atoms with Crippen LogP contribution in [0.3, 0.4) is 0 Å². The quantitative estimate of drug-likeness (QED) is 0.739. The third kappa shape index (κ3) is 2.67. The van der Waals surface area contributed by atoms with E-state index in [4.69, 9.17) is 0 Å². The van der Waals surface area contributed by atoms with E-state index < -0.39 is 0 Å². The molecule has 0 bridgehead atoms. The van der Waals surface area contributed by atoms with Crippen molar-refractivity contribution in [2.75, 3.05) is 0 Å². The van der Waals surface area contributed by atoms with E-state index in [1.165, 1.54) is 31.3 Å². The molecular formula is C23H34O2. The topological polar surface area (TPSA) is 37.3 Å². The zero-order valence-electron chi connectivity index (χ0n) is 15.9. The smallest absolute Gasteiger partial charge is 0.155 e. The van der Waals surface area contributed by atoms with Crippen LogP contribution in [0.4, 0.5) is 0 Å². The highest BCUT2D eigenvalue weighted by Crippen LogP contribution is 2.65. The summed E-state index contributed by atoms with van der Waals surface area (Å²) in [7, 11) is 0. The standard InChI is InChI=1S/C23H34O2/c1-4-5-21(25)19-8-9-20-22-14(2)12-15-13-16(24)6-7-17(15)18(22)10-11-23(19,20)3/h4,13-14,17-22,25H,1,5-12H2,2-3H3/t14?,17-,18+,19+,20-,21+,22+,23+/m0/s1. The summed E-state index contributed by atoms with van der Waals surface area (Å²) in [5, 5.41) is 10.7. The molecule has 4 aliphatic rings. The van der Waals surface area contributed by atoms with Gasteiger partial charge in [0, 0.05) is 6.42 Å². The molecule has 4 rings (SSSR count). The van der Waals surface area contributed by atoms with Crippen LogP contribution in [0, 0.1) is 40.9 Å². The lowest BCUT2D eigenvalue weighted by Crippen LogP contribution is -2.50. The lowest BCUT2D eigenvalue weighted by atomic mass is 9.48. The Morgan fingerprint density at radius 3 is 2.92 bits per heavy atom. The molecule has 1 unspecified atom stereocenters. The molecule has 0 radical (unpaired) electrons. The maximum atomic E-state index is 11.9. The van der Waals surface area contributed by atoms with Gasteiger partial charge < -0.3 is 5.11 Å². The number of fused-ring (bicyclic) bond motifs is 5. The molecule has 3 fully saturated rings. The summed E-state index contributed by atoms with van der Waals surface area (Å²) in [5.74, 6) is 4.45. The summed E-state index contributed by atoms with van der Waals surface area (Å²) < 4.78 is 0. The SMILES string of the molecule is C=CC[C@@H](O)[C@H]1CC[C@H]2[C@@H]3C(C)CC4=CC(=O)CC[C@@H]4[C@H]3CC[C@]12C. The number of carbonyl (C=O) groups excluding carboxylic acids is 1. The van der Waals surface area contributed by atoms with Gasteiger partial charge in [-0.05, 0) is 91.9 Å². The van der Waals surface area contributed by atoms with Crippen molar-refractivity contribution < 1.29 is 9.90 Å². The Bertz CT molecular complexity index is 591. The molecule has 3 saturated carbocycles. The number of carbonyl (C=O) groups is 1. The van der Waals surface area contributed by atoms with Crippen molar-refractivity contribution in [2.45, 2.75) is 71.3 Å². The fourth-order valence-electron chi connectivity index (χ4n) is 7.60. The van der Waals surface area contributed by atoms with Gasteiger partial charge in [0.1, 0.15) is 0 Å². The molecule has 2 nitrogen and oxygen atoms in total. The molecule has 0 aromatic carbocycles. The van der Waals surface area contributed by atoms with Crippen molar-refractivity contribution in [3.05, 3.63) is 24.3 Å². The summed E-state index contributed by atoms with van der Waals surface area (Å²) >= 11 is 0. The number of allylic oxidation sites excluding steroid dienone is 1. The Balaban J connectivity index is 1.61. The highest BCUT2D eigenvalue weighted by molar-refractivity contribution is 5.91. The van der Waals surface area contributed by atoms with E-state index in [2.05, 4.69) is 20.4 Å². The average molecular weight is 343 g/mol. The number of aliphatic hydroxyl groups is 1. The molecule has 2 heteroatoms. The van der Waals surface area contributed by atoms with Crippen LogP contribution in [0.15, 0.2) is 24.3 Å². The fourth-order valence-corrected chi connectivity index (χ4v) is 7.60. The van der Waals surface area contributed by atoms with E-state index in [-0.39, 0.29) is 6.10 Å². The Morgan fingerprint density at radius 2 is 2.16 bits per heavy atom. The Labute approximate surface area is 152 Å². The predicted molar refractivity (Wildman–Crippen MR) is 101 cm³/mol. The molecule has 0 aromatic heterocycles.